The molecule has 2 heterocycles. The number of hydrogen-bond donors (Lipinski definition) is 3. The van der Waals surface area contributed by atoms with Crippen molar-refractivity contribution in [3.8, 4) is 0 Å². The van der Waals surface area contributed by atoms with Crippen molar-refractivity contribution < 1.29 is 27.5 Å². The highest BCUT2D eigenvalue weighted by Crippen LogP contribution is 2.37. The van der Waals surface area contributed by atoms with E-state index in [2.05, 4.69) is 15.0 Å². The fourth-order valence-corrected chi connectivity index (χ4v) is 6.27. The van der Waals surface area contributed by atoms with Crippen LogP contribution in [0.3, 0.4) is 0 Å². The standard InChI is InChI=1S/C29H29N3O6S/c1-2-38-27(34)14-12-20-25(30-24-9-6-10-26(33)28(20)24)16-22-21-15-19(11-13-23(21)31-29(22)35)32-39(36,37)17-18-7-4-3-5-8-18/h3-5,7-8,11,13,15-16,30,32H,2,6,9-10,12,14,17H2,1H3,(H,31,35)/b22-16-. The third-order valence-corrected chi connectivity index (χ3v) is 8.03. The number of aryl methyl sites for hydroxylation is 1. The fraction of sp³-hybridized carbons (Fsp3) is 0.276. The van der Waals surface area contributed by atoms with Gasteiger partial charge in [-0.25, -0.2) is 8.42 Å². The van der Waals surface area contributed by atoms with E-state index >= 15 is 0 Å². The maximum absolute atomic E-state index is 13.0. The van der Waals surface area contributed by atoms with Gasteiger partial charge < -0.3 is 15.0 Å². The SMILES string of the molecule is CCOC(=O)CCc1c(/C=C2\C(=O)Nc3ccc(NS(=O)(=O)Cc4ccccc4)cc32)[nH]c2c1C(=O)CCC2. The molecule has 3 N–H and O–H groups in total. The van der Waals surface area contributed by atoms with E-state index in [9.17, 15) is 22.8 Å². The highest BCUT2D eigenvalue weighted by molar-refractivity contribution is 7.91. The minimum Gasteiger partial charge on any atom is -0.466 e. The van der Waals surface area contributed by atoms with Crippen molar-refractivity contribution in [3.05, 3.63) is 82.2 Å². The molecule has 1 aliphatic carbocycles. The van der Waals surface area contributed by atoms with Crippen molar-refractivity contribution in [3.63, 3.8) is 0 Å². The number of anilines is 2. The van der Waals surface area contributed by atoms with Crippen LogP contribution in [0.5, 0.6) is 0 Å². The summed E-state index contributed by atoms with van der Waals surface area (Å²) >= 11 is 0. The molecule has 0 fully saturated rings. The number of carbonyl (C=O) groups is 3. The Morgan fingerprint density at radius 1 is 1.10 bits per heavy atom. The number of amides is 1. The van der Waals surface area contributed by atoms with E-state index in [-0.39, 0.29) is 36.4 Å². The first-order chi connectivity index (χ1) is 18.7. The number of hydrogen-bond acceptors (Lipinski definition) is 6. The van der Waals surface area contributed by atoms with Gasteiger partial charge in [-0.15, -0.1) is 0 Å². The van der Waals surface area contributed by atoms with Crippen molar-refractivity contribution in [2.24, 2.45) is 0 Å². The summed E-state index contributed by atoms with van der Waals surface area (Å²) in [6, 6.07) is 13.7. The minimum atomic E-state index is -3.69. The summed E-state index contributed by atoms with van der Waals surface area (Å²) in [6.45, 7) is 2.01. The third-order valence-electron chi connectivity index (χ3n) is 6.77. The lowest BCUT2D eigenvalue weighted by Crippen LogP contribution is -2.15. The summed E-state index contributed by atoms with van der Waals surface area (Å²) in [7, 11) is -3.69. The molecule has 202 valence electrons. The second kappa shape index (κ2) is 10.9. The van der Waals surface area contributed by atoms with Gasteiger partial charge in [-0.1, -0.05) is 30.3 Å². The molecule has 1 amide bonds. The van der Waals surface area contributed by atoms with Crippen molar-refractivity contribution in [1.82, 2.24) is 4.98 Å². The molecule has 3 aromatic rings. The molecular weight excluding hydrogens is 518 g/mol. The lowest BCUT2D eigenvalue weighted by Gasteiger charge is -2.11. The summed E-state index contributed by atoms with van der Waals surface area (Å²) in [5.74, 6) is -0.867. The number of rotatable bonds is 9. The highest BCUT2D eigenvalue weighted by atomic mass is 32.2. The number of nitrogens with one attached hydrogen (secondary N) is 3. The first-order valence-corrected chi connectivity index (χ1v) is 14.5. The van der Waals surface area contributed by atoms with Crippen LogP contribution >= 0.6 is 0 Å². The molecule has 2 aliphatic rings. The molecule has 10 heteroatoms. The van der Waals surface area contributed by atoms with Crippen LogP contribution in [0.1, 0.15) is 64.6 Å². The summed E-state index contributed by atoms with van der Waals surface area (Å²) in [5, 5.41) is 2.82. The zero-order chi connectivity index (χ0) is 27.6. The van der Waals surface area contributed by atoms with E-state index in [0.717, 1.165) is 12.1 Å². The Hall–Kier alpha value is -4.18. The van der Waals surface area contributed by atoms with Gasteiger partial charge in [-0.3, -0.25) is 19.1 Å². The maximum atomic E-state index is 13.0. The number of ether oxygens (including phenoxy) is 1. The fourth-order valence-electron chi connectivity index (χ4n) is 5.08. The van der Waals surface area contributed by atoms with Crippen LogP contribution in [-0.4, -0.2) is 37.7 Å². The number of sulfonamides is 1. The van der Waals surface area contributed by atoms with Crippen LogP contribution in [0.4, 0.5) is 11.4 Å². The normalized spacial score (nSPS) is 15.6. The molecule has 9 nitrogen and oxygen atoms in total. The molecule has 0 spiro atoms. The number of H-pyrrole nitrogens is 1. The van der Waals surface area contributed by atoms with Crippen molar-refractivity contribution in [1.29, 1.82) is 0 Å². The molecule has 0 bridgehead atoms. The number of aromatic nitrogens is 1. The Labute approximate surface area is 226 Å². The lowest BCUT2D eigenvalue weighted by atomic mass is 9.91. The first kappa shape index (κ1) is 26.4. The van der Waals surface area contributed by atoms with E-state index < -0.39 is 10.0 Å². The topological polar surface area (TPSA) is 134 Å². The zero-order valence-corrected chi connectivity index (χ0v) is 22.3. The summed E-state index contributed by atoms with van der Waals surface area (Å²) in [6.07, 6.45) is 3.95. The monoisotopic (exact) mass is 547 g/mol. The molecule has 0 saturated carbocycles. The van der Waals surface area contributed by atoms with Gasteiger partial charge in [0.05, 0.1) is 17.9 Å². The number of fused-ring (bicyclic) bond motifs is 2. The number of aromatic amines is 1. The number of carbonyl (C=O) groups excluding carboxylic acids is 3. The molecule has 5 rings (SSSR count). The molecule has 0 unspecified atom stereocenters. The number of esters is 1. The molecule has 0 radical (unpaired) electrons. The van der Waals surface area contributed by atoms with Gasteiger partial charge >= 0.3 is 5.97 Å². The van der Waals surface area contributed by atoms with Gasteiger partial charge in [-0.2, -0.15) is 0 Å². The average molecular weight is 548 g/mol. The number of Topliss-reactive ketones (excluding diaryl/α,β-unsaturated/α-hetero) is 1. The van der Waals surface area contributed by atoms with Crippen molar-refractivity contribution >= 4 is 50.7 Å². The van der Waals surface area contributed by atoms with Gasteiger partial charge in [0.2, 0.25) is 10.0 Å². The van der Waals surface area contributed by atoms with Crippen LogP contribution in [0, 0.1) is 0 Å². The Morgan fingerprint density at radius 2 is 1.90 bits per heavy atom. The summed E-state index contributed by atoms with van der Waals surface area (Å²) in [5.41, 5.74) is 5.09. The van der Waals surface area contributed by atoms with Crippen molar-refractivity contribution in [2.75, 3.05) is 16.6 Å². The molecule has 0 saturated heterocycles. The highest BCUT2D eigenvalue weighted by Gasteiger charge is 2.29. The predicted octanol–water partition coefficient (Wildman–Crippen LogP) is 4.46. The van der Waals surface area contributed by atoms with E-state index in [4.69, 9.17) is 4.74 Å². The summed E-state index contributed by atoms with van der Waals surface area (Å²) < 4.78 is 33.2. The minimum absolute atomic E-state index is 0.0161. The quantitative estimate of drug-likeness (QED) is 0.267. The largest absolute Gasteiger partial charge is 0.466 e. The molecule has 1 aromatic heterocycles. The van der Waals surface area contributed by atoms with Gasteiger partial charge in [0, 0.05) is 46.7 Å². The molecule has 1 aliphatic heterocycles. The average Bonchev–Trinajstić information content (AvgIpc) is 3.40. The zero-order valence-electron chi connectivity index (χ0n) is 21.5. The molecule has 39 heavy (non-hydrogen) atoms. The molecule has 2 aromatic carbocycles. The molecule has 0 atom stereocenters. The van der Waals surface area contributed by atoms with Gasteiger partial charge in [-0.05, 0) is 61.6 Å². The smallest absolute Gasteiger partial charge is 0.306 e. The van der Waals surface area contributed by atoms with Crippen LogP contribution < -0.4 is 10.0 Å². The second-order valence-electron chi connectivity index (χ2n) is 9.57. The van der Waals surface area contributed by atoms with Gasteiger partial charge in [0.1, 0.15) is 0 Å². The van der Waals surface area contributed by atoms with E-state index in [1.807, 2.05) is 6.07 Å². The van der Waals surface area contributed by atoms with E-state index in [0.29, 0.717) is 64.2 Å². The second-order valence-corrected chi connectivity index (χ2v) is 11.3. The molecular formula is C29H29N3O6S. The third kappa shape index (κ3) is 5.80. The van der Waals surface area contributed by atoms with Crippen molar-refractivity contribution in [2.45, 2.75) is 44.8 Å². The number of benzene rings is 2. The Balaban J connectivity index is 1.47. The Morgan fingerprint density at radius 3 is 2.67 bits per heavy atom. The van der Waals surface area contributed by atoms with E-state index in [1.54, 1.807) is 55.5 Å². The van der Waals surface area contributed by atoms with Crippen LogP contribution in [0.15, 0.2) is 48.5 Å². The van der Waals surface area contributed by atoms with Crippen LogP contribution in [0.25, 0.3) is 11.6 Å². The predicted molar refractivity (Wildman–Crippen MR) is 149 cm³/mol. The van der Waals surface area contributed by atoms with Gasteiger partial charge in [0.15, 0.2) is 5.78 Å². The van der Waals surface area contributed by atoms with Crippen LogP contribution in [0.2, 0.25) is 0 Å². The summed E-state index contributed by atoms with van der Waals surface area (Å²) in [4.78, 5) is 41.1. The number of ketones is 1. The van der Waals surface area contributed by atoms with E-state index in [1.165, 1.54) is 0 Å². The first-order valence-electron chi connectivity index (χ1n) is 12.9. The lowest BCUT2D eigenvalue weighted by molar-refractivity contribution is -0.143. The van der Waals surface area contributed by atoms with Crippen LogP contribution in [-0.2, 0) is 42.9 Å². The Kier molecular flexibility index (Phi) is 7.38. The van der Waals surface area contributed by atoms with Gasteiger partial charge in [0.25, 0.3) is 5.91 Å². The maximum Gasteiger partial charge on any atom is 0.306 e. The Bertz CT molecular complexity index is 1590.